The molecule has 1 atom stereocenters. The lowest BCUT2D eigenvalue weighted by Gasteiger charge is -2.29. The SMILES string of the molecule is COC(F)(c1ccccc1)C(C)(F)F. The van der Waals surface area contributed by atoms with Gasteiger partial charge in [-0.05, 0) is 0 Å². The molecule has 0 saturated heterocycles. The Bertz CT molecular complexity index is 294. The van der Waals surface area contributed by atoms with Gasteiger partial charge in [-0.3, -0.25) is 0 Å². The van der Waals surface area contributed by atoms with Gasteiger partial charge in [0.25, 0.3) is 5.85 Å². The molecule has 14 heavy (non-hydrogen) atoms. The molecule has 0 heterocycles. The summed E-state index contributed by atoms with van der Waals surface area (Å²) in [4.78, 5) is 0. The second-order valence-corrected chi connectivity index (χ2v) is 3.05. The van der Waals surface area contributed by atoms with Crippen LogP contribution in [0.25, 0.3) is 0 Å². The number of halogens is 3. The van der Waals surface area contributed by atoms with Crippen LogP contribution in [-0.4, -0.2) is 13.0 Å². The van der Waals surface area contributed by atoms with Gasteiger partial charge in [0.2, 0.25) is 0 Å². The Hall–Kier alpha value is -1.03. The Labute approximate surface area is 80.5 Å². The molecule has 0 fully saturated rings. The van der Waals surface area contributed by atoms with Crippen LogP contribution in [0.4, 0.5) is 13.2 Å². The minimum atomic E-state index is -3.58. The molecular weight excluding hydrogens is 193 g/mol. The molecule has 0 bridgehead atoms. The van der Waals surface area contributed by atoms with E-state index in [1.54, 1.807) is 6.07 Å². The van der Waals surface area contributed by atoms with Gasteiger partial charge < -0.3 is 4.74 Å². The molecule has 0 aliphatic carbocycles. The normalized spacial score (nSPS) is 16.4. The lowest BCUT2D eigenvalue weighted by atomic mass is 10.0. The number of ether oxygens (including phenoxy) is 1. The van der Waals surface area contributed by atoms with Crippen LogP contribution in [0.2, 0.25) is 0 Å². The zero-order chi connectivity index (χ0) is 10.8. The van der Waals surface area contributed by atoms with Crippen molar-refractivity contribution in [2.45, 2.75) is 18.7 Å². The van der Waals surface area contributed by atoms with Crippen LogP contribution in [0.1, 0.15) is 12.5 Å². The zero-order valence-corrected chi connectivity index (χ0v) is 7.93. The van der Waals surface area contributed by atoms with Gasteiger partial charge in [-0.25, -0.2) is 8.78 Å². The smallest absolute Gasteiger partial charge is 0.307 e. The summed E-state index contributed by atoms with van der Waals surface area (Å²) in [6, 6.07) is 7.11. The van der Waals surface area contributed by atoms with Gasteiger partial charge in [-0.2, -0.15) is 4.39 Å². The van der Waals surface area contributed by atoms with Crippen molar-refractivity contribution in [1.82, 2.24) is 0 Å². The van der Waals surface area contributed by atoms with E-state index >= 15 is 0 Å². The predicted molar refractivity (Wildman–Crippen MR) is 46.9 cm³/mol. The molecule has 0 radical (unpaired) electrons. The monoisotopic (exact) mass is 204 g/mol. The third kappa shape index (κ3) is 1.75. The van der Waals surface area contributed by atoms with E-state index in [-0.39, 0.29) is 5.56 Å². The highest BCUT2D eigenvalue weighted by Crippen LogP contribution is 2.41. The molecule has 4 heteroatoms. The molecular formula is C10H11F3O. The molecule has 0 amide bonds. The Morgan fingerprint density at radius 2 is 1.57 bits per heavy atom. The fraction of sp³-hybridized carbons (Fsp3) is 0.400. The molecule has 1 nitrogen and oxygen atoms in total. The van der Waals surface area contributed by atoms with Crippen molar-refractivity contribution < 1.29 is 17.9 Å². The summed E-state index contributed by atoms with van der Waals surface area (Å²) in [6.45, 7) is 0.490. The van der Waals surface area contributed by atoms with Crippen molar-refractivity contribution in [3.63, 3.8) is 0 Å². The largest absolute Gasteiger partial charge is 0.341 e. The third-order valence-electron chi connectivity index (χ3n) is 1.99. The van der Waals surface area contributed by atoms with Crippen LogP contribution in [0.15, 0.2) is 30.3 Å². The van der Waals surface area contributed by atoms with Crippen LogP contribution in [0.3, 0.4) is 0 Å². The molecule has 0 N–H and O–H groups in total. The standard InChI is InChI=1S/C10H11F3O/c1-9(11,12)10(13,14-2)8-6-4-3-5-7-8/h3-7H,1-2H3. The lowest BCUT2D eigenvalue weighted by molar-refractivity contribution is -0.267. The Morgan fingerprint density at radius 3 is 1.93 bits per heavy atom. The van der Waals surface area contributed by atoms with Crippen molar-refractivity contribution in [1.29, 1.82) is 0 Å². The lowest BCUT2D eigenvalue weighted by Crippen LogP contribution is -2.40. The summed E-state index contributed by atoms with van der Waals surface area (Å²) < 4.78 is 44.0. The minimum Gasteiger partial charge on any atom is -0.341 e. The maximum absolute atomic E-state index is 13.8. The predicted octanol–water partition coefficient (Wildman–Crippen LogP) is 3.11. The molecule has 0 spiro atoms. The second kappa shape index (κ2) is 3.61. The Morgan fingerprint density at radius 1 is 1.07 bits per heavy atom. The summed E-state index contributed by atoms with van der Waals surface area (Å²) in [5, 5.41) is 0. The third-order valence-corrected chi connectivity index (χ3v) is 1.99. The highest BCUT2D eigenvalue weighted by atomic mass is 19.3. The summed E-state index contributed by atoms with van der Waals surface area (Å²) in [7, 11) is 0.921. The van der Waals surface area contributed by atoms with Crippen LogP contribution < -0.4 is 0 Å². The number of rotatable bonds is 3. The van der Waals surface area contributed by atoms with Gasteiger partial charge in [0.05, 0.1) is 0 Å². The van der Waals surface area contributed by atoms with Crippen molar-refractivity contribution in [3.8, 4) is 0 Å². The topological polar surface area (TPSA) is 9.23 Å². The van der Waals surface area contributed by atoms with E-state index < -0.39 is 11.8 Å². The molecule has 0 saturated carbocycles. The van der Waals surface area contributed by atoms with Gasteiger partial charge in [0, 0.05) is 19.6 Å². The highest BCUT2D eigenvalue weighted by Gasteiger charge is 2.53. The summed E-state index contributed by atoms with van der Waals surface area (Å²) in [5.74, 6) is -6.64. The molecule has 1 aromatic rings. The maximum atomic E-state index is 13.8. The van der Waals surface area contributed by atoms with E-state index in [9.17, 15) is 13.2 Å². The number of hydrogen-bond donors (Lipinski definition) is 0. The van der Waals surface area contributed by atoms with Crippen LogP contribution in [-0.2, 0) is 10.6 Å². The van der Waals surface area contributed by atoms with Crippen molar-refractivity contribution in [2.24, 2.45) is 0 Å². The van der Waals surface area contributed by atoms with Crippen LogP contribution >= 0.6 is 0 Å². The van der Waals surface area contributed by atoms with Gasteiger partial charge in [-0.15, -0.1) is 0 Å². The summed E-state index contributed by atoms with van der Waals surface area (Å²) in [6.07, 6.45) is 0. The average Bonchev–Trinajstić information content (AvgIpc) is 2.16. The first-order valence-corrected chi connectivity index (χ1v) is 4.09. The summed E-state index contributed by atoms with van der Waals surface area (Å²) >= 11 is 0. The minimum absolute atomic E-state index is 0.185. The molecule has 1 rings (SSSR count). The van der Waals surface area contributed by atoms with Crippen LogP contribution in [0, 0.1) is 0 Å². The summed E-state index contributed by atoms with van der Waals surface area (Å²) in [5.41, 5.74) is -0.185. The van der Waals surface area contributed by atoms with Crippen molar-refractivity contribution >= 4 is 0 Å². The molecule has 0 aromatic heterocycles. The number of methoxy groups -OCH3 is 1. The van der Waals surface area contributed by atoms with Crippen molar-refractivity contribution in [3.05, 3.63) is 35.9 Å². The average molecular weight is 204 g/mol. The Balaban J connectivity index is 3.15. The van der Waals surface area contributed by atoms with E-state index in [1.807, 2.05) is 0 Å². The Kier molecular flexibility index (Phi) is 2.85. The van der Waals surface area contributed by atoms with Crippen LogP contribution in [0.5, 0.6) is 0 Å². The molecule has 78 valence electrons. The van der Waals surface area contributed by atoms with Gasteiger partial charge in [0.1, 0.15) is 0 Å². The van der Waals surface area contributed by atoms with Crippen molar-refractivity contribution in [2.75, 3.05) is 7.11 Å². The van der Waals surface area contributed by atoms with E-state index in [1.165, 1.54) is 24.3 Å². The molecule has 0 aliphatic rings. The van der Waals surface area contributed by atoms with E-state index in [0.717, 1.165) is 7.11 Å². The zero-order valence-electron chi connectivity index (χ0n) is 7.93. The fourth-order valence-electron chi connectivity index (χ4n) is 1.20. The molecule has 1 aromatic carbocycles. The molecule has 0 aliphatic heterocycles. The molecule has 1 unspecified atom stereocenters. The van der Waals surface area contributed by atoms with E-state index in [4.69, 9.17) is 0 Å². The maximum Gasteiger partial charge on any atom is 0.307 e. The number of benzene rings is 1. The number of hydrogen-bond acceptors (Lipinski definition) is 1. The first-order valence-electron chi connectivity index (χ1n) is 4.09. The van der Waals surface area contributed by atoms with E-state index in [2.05, 4.69) is 4.74 Å². The van der Waals surface area contributed by atoms with Gasteiger partial charge >= 0.3 is 5.92 Å². The first-order chi connectivity index (χ1) is 6.42. The second-order valence-electron chi connectivity index (χ2n) is 3.05. The fourth-order valence-corrected chi connectivity index (χ4v) is 1.20. The number of alkyl halides is 3. The highest BCUT2D eigenvalue weighted by molar-refractivity contribution is 5.22. The quantitative estimate of drug-likeness (QED) is 0.735. The van der Waals surface area contributed by atoms with Gasteiger partial charge in [-0.1, -0.05) is 30.3 Å². The van der Waals surface area contributed by atoms with E-state index in [0.29, 0.717) is 6.92 Å². The first kappa shape index (κ1) is 11.0. The van der Waals surface area contributed by atoms with Gasteiger partial charge in [0.15, 0.2) is 0 Å².